The molecule has 1 unspecified atom stereocenters. The number of carbonyl (C=O) groups excluding carboxylic acids is 1. The van der Waals surface area contributed by atoms with Crippen LogP contribution in [0, 0.1) is 0 Å². The third-order valence-corrected chi connectivity index (χ3v) is 6.13. The number of amides is 1. The predicted octanol–water partition coefficient (Wildman–Crippen LogP) is 5.55. The van der Waals surface area contributed by atoms with Crippen molar-refractivity contribution in [1.29, 1.82) is 0 Å². The number of nitrogens with one attached hydrogen (secondary N) is 1. The Bertz CT molecular complexity index is 1300. The quantitative estimate of drug-likeness (QED) is 0.268. The monoisotopic (exact) mass is 504 g/mol. The van der Waals surface area contributed by atoms with E-state index < -0.39 is 6.10 Å². The molecule has 36 heavy (non-hydrogen) atoms. The molecule has 186 valence electrons. The minimum atomic E-state index is -0.435. The molecule has 0 radical (unpaired) electrons. The van der Waals surface area contributed by atoms with Gasteiger partial charge >= 0.3 is 0 Å². The number of thioether (sulfide) groups is 1. The third kappa shape index (κ3) is 5.98. The van der Waals surface area contributed by atoms with Crippen LogP contribution in [-0.4, -0.2) is 40.1 Å². The van der Waals surface area contributed by atoms with Gasteiger partial charge in [0.2, 0.25) is 5.91 Å². The molecule has 4 rings (SSSR count). The zero-order valence-electron chi connectivity index (χ0n) is 20.4. The molecular weight excluding hydrogens is 476 g/mol. The first-order valence-corrected chi connectivity index (χ1v) is 12.5. The number of methoxy groups -OCH3 is 1. The molecule has 4 aromatic rings. The van der Waals surface area contributed by atoms with Gasteiger partial charge in [-0.05, 0) is 50.2 Å². The Hall–Kier alpha value is -3.98. The molecule has 3 aromatic carbocycles. The highest BCUT2D eigenvalue weighted by Gasteiger charge is 2.22. The number of aromatic nitrogens is 3. The van der Waals surface area contributed by atoms with E-state index in [-0.39, 0.29) is 11.7 Å². The van der Waals surface area contributed by atoms with Gasteiger partial charge in [0.15, 0.2) is 28.6 Å². The van der Waals surface area contributed by atoms with E-state index in [4.69, 9.17) is 14.2 Å². The first-order valence-electron chi connectivity index (χ1n) is 11.6. The summed E-state index contributed by atoms with van der Waals surface area (Å²) >= 11 is 1.30. The van der Waals surface area contributed by atoms with E-state index in [1.54, 1.807) is 7.11 Å². The van der Waals surface area contributed by atoms with Crippen molar-refractivity contribution in [3.8, 4) is 22.9 Å². The molecule has 0 saturated carbocycles. The van der Waals surface area contributed by atoms with Gasteiger partial charge in [-0.1, -0.05) is 54.2 Å². The minimum Gasteiger partial charge on any atom is -0.493 e. The van der Waals surface area contributed by atoms with Crippen LogP contribution in [0.3, 0.4) is 0 Å². The molecule has 1 amide bonds. The van der Waals surface area contributed by atoms with Crippen LogP contribution in [-0.2, 0) is 4.79 Å². The first kappa shape index (κ1) is 25.1. The summed E-state index contributed by atoms with van der Waals surface area (Å²) in [6, 6.07) is 24.6. The average Bonchev–Trinajstić information content (AvgIpc) is 3.34. The summed E-state index contributed by atoms with van der Waals surface area (Å²) in [5, 5.41) is 12.3. The lowest BCUT2D eigenvalue weighted by atomic mass is 10.3. The molecule has 9 heteroatoms. The van der Waals surface area contributed by atoms with Crippen LogP contribution in [0.15, 0.2) is 84.0 Å². The lowest BCUT2D eigenvalue weighted by Gasteiger charge is -2.18. The zero-order valence-corrected chi connectivity index (χ0v) is 21.2. The maximum atomic E-state index is 12.8. The summed E-state index contributed by atoms with van der Waals surface area (Å²) in [7, 11) is 1.60. The molecule has 1 N–H and O–H groups in total. The van der Waals surface area contributed by atoms with Gasteiger partial charge < -0.3 is 19.5 Å². The largest absolute Gasteiger partial charge is 0.493 e. The van der Waals surface area contributed by atoms with Crippen LogP contribution >= 0.6 is 11.8 Å². The summed E-state index contributed by atoms with van der Waals surface area (Å²) in [4.78, 5) is 12.8. The second-order valence-electron chi connectivity index (χ2n) is 7.69. The van der Waals surface area contributed by atoms with E-state index in [9.17, 15) is 4.79 Å². The third-order valence-electron chi connectivity index (χ3n) is 5.20. The van der Waals surface area contributed by atoms with Gasteiger partial charge in [0, 0.05) is 5.69 Å². The lowest BCUT2D eigenvalue weighted by molar-refractivity contribution is -0.113. The van der Waals surface area contributed by atoms with Crippen molar-refractivity contribution in [2.24, 2.45) is 0 Å². The maximum Gasteiger partial charge on any atom is 0.234 e. The highest BCUT2D eigenvalue weighted by Crippen LogP contribution is 2.32. The Morgan fingerprint density at radius 3 is 2.33 bits per heavy atom. The Morgan fingerprint density at radius 2 is 1.61 bits per heavy atom. The number of para-hydroxylation sites is 5. The SMILES string of the molecule is CCOc1ccccc1NC(=O)CSc1nnc(C(C)Oc2ccccc2OC)n1-c1ccccc1. The number of benzene rings is 3. The normalized spacial score (nSPS) is 11.5. The van der Waals surface area contributed by atoms with Crippen molar-refractivity contribution >= 4 is 23.4 Å². The van der Waals surface area contributed by atoms with E-state index in [1.807, 2.05) is 97.3 Å². The molecule has 1 aromatic heterocycles. The van der Waals surface area contributed by atoms with E-state index in [1.165, 1.54) is 11.8 Å². The van der Waals surface area contributed by atoms with Crippen molar-refractivity contribution < 1.29 is 19.0 Å². The van der Waals surface area contributed by atoms with Gasteiger partial charge in [0.05, 0.1) is 25.2 Å². The summed E-state index contributed by atoms with van der Waals surface area (Å²) in [6.45, 7) is 4.32. The van der Waals surface area contributed by atoms with E-state index >= 15 is 0 Å². The van der Waals surface area contributed by atoms with Crippen LogP contribution in [0.4, 0.5) is 5.69 Å². The fourth-order valence-corrected chi connectivity index (χ4v) is 4.34. The summed E-state index contributed by atoms with van der Waals surface area (Å²) in [5.41, 5.74) is 1.51. The first-order chi connectivity index (χ1) is 17.6. The Balaban J connectivity index is 1.54. The fraction of sp³-hybridized carbons (Fsp3) is 0.222. The molecule has 0 aliphatic carbocycles. The molecule has 1 heterocycles. The van der Waals surface area contributed by atoms with Crippen LogP contribution in [0.2, 0.25) is 0 Å². The van der Waals surface area contributed by atoms with Gasteiger partial charge in [-0.2, -0.15) is 0 Å². The van der Waals surface area contributed by atoms with Crippen LogP contribution in [0.5, 0.6) is 17.2 Å². The molecule has 1 atom stereocenters. The Labute approximate surface area is 214 Å². The molecule has 0 aliphatic rings. The molecule has 8 nitrogen and oxygen atoms in total. The van der Waals surface area contributed by atoms with Gasteiger partial charge in [-0.15, -0.1) is 10.2 Å². The number of nitrogens with zero attached hydrogens (tertiary/aromatic N) is 3. The number of carbonyl (C=O) groups is 1. The smallest absolute Gasteiger partial charge is 0.234 e. The summed E-state index contributed by atoms with van der Waals surface area (Å²) < 4.78 is 19.1. The highest BCUT2D eigenvalue weighted by atomic mass is 32.2. The number of hydrogen-bond acceptors (Lipinski definition) is 7. The van der Waals surface area contributed by atoms with Crippen molar-refractivity contribution in [2.75, 3.05) is 24.8 Å². The van der Waals surface area contributed by atoms with Crippen LogP contribution in [0.25, 0.3) is 5.69 Å². The average molecular weight is 505 g/mol. The maximum absolute atomic E-state index is 12.8. The van der Waals surface area contributed by atoms with Gasteiger partial charge in [0.1, 0.15) is 5.75 Å². The Morgan fingerprint density at radius 1 is 0.944 bits per heavy atom. The Kier molecular flexibility index (Phi) is 8.46. The van der Waals surface area contributed by atoms with Crippen molar-refractivity contribution in [2.45, 2.75) is 25.1 Å². The molecule has 0 saturated heterocycles. The van der Waals surface area contributed by atoms with E-state index in [2.05, 4.69) is 15.5 Å². The molecule has 0 aliphatic heterocycles. The molecule has 0 bridgehead atoms. The summed E-state index contributed by atoms with van der Waals surface area (Å²) in [6.07, 6.45) is -0.435. The van der Waals surface area contributed by atoms with Crippen LogP contribution in [0.1, 0.15) is 25.8 Å². The van der Waals surface area contributed by atoms with Crippen LogP contribution < -0.4 is 19.5 Å². The van der Waals surface area contributed by atoms with Crippen molar-refractivity contribution in [3.05, 3.63) is 84.7 Å². The van der Waals surface area contributed by atoms with Crippen molar-refractivity contribution in [1.82, 2.24) is 14.8 Å². The van der Waals surface area contributed by atoms with Crippen molar-refractivity contribution in [3.63, 3.8) is 0 Å². The number of rotatable bonds is 11. The second-order valence-corrected chi connectivity index (χ2v) is 8.63. The number of ether oxygens (including phenoxy) is 3. The number of hydrogen-bond donors (Lipinski definition) is 1. The predicted molar refractivity (Wildman–Crippen MR) is 140 cm³/mol. The van der Waals surface area contributed by atoms with Gasteiger partial charge in [-0.3, -0.25) is 9.36 Å². The lowest BCUT2D eigenvalue weighted by Crippen LogP contribution is -2.16. The minimum absolute atomic E-state index is 0.146. The van der Waals surface area contributed by atoms with Gasteiger partial charge in [0.25, 0.3) is 0 Å². The molecule has 0 fully saturated rings. The zero-order chi connectivity index (χ0) is 25.3. The summed E-state index contributed by atoms with van der Waals surface area (Å²) in [5.74, 6) is 2.46. The highest BCUT2D eigenvalue weighted by molar-refractivity contribution is 7.99. The van der Waals surface area contributed by atoms with E-state index in [0.29, 0.717) is 40.5 Å². The topological polar surface area (TPSA) is 87.5 Å². The van der Waals surface area contributed by atoms with Gasteiger partial charge in [-0.25, -0.2) is 0 Å². The molecule has 0 spiro atoms. The molecular formula is C27H28N4O4S. The fourth-order valence-electron chi connectivity index (χ4n) is 3.58. The standard InChI is InChI=1S/C27H28N4O4S/c1-4-34-22-15-9-8-14-21(22)28-25(32)18-36-27-30-29-26(31(27)20-12-6-5-7-13-20)19(2)35-24-17-11-10-16-23(24)33-3/h5-17,19H,4,18H2,1-3H3,(H,28,32). The van der Waals surface area contributed by atoms with E-state index in [0.717, 1.165) is 5.69 Å². The second kappa shape index (κ2) is 12.1. The number of anilines is 1.